The molecule has 0 amide bonds. The minimum atomic E-state index is -1.39. The Morgan fingerprint density at radius 3 is 2.50 bits per heavy atom. The number of hydrogen-bond donors (Lipinski definition) is 5. The van der Waals surface area contributed by atoms with Crippen LogP contribution in [0, 0.1) is 0 Å². The monoisotopic (exact) mass is 234 g/mol. The first-order valence-corrected chi connectivity index (χ1v) is 5.42. The molecular weight excluding hydrogens is 216 g/mol. The van der Waals surface area contributed by atoms with Crippen LogP contribution in [0.15, 0.2) is 0 Å². The third-order valence-electron chi connectivity index (χ3n) is 3.16. The van der Waals surface area contributed by atoms with Gasteiger partial charge >= 0.3 is 0 Å². The number of ether oxygens (including phenoxy) is 1. The molecule has 16 heavy (non-hydrogen) atoms. The van der Waals surface area contributed by atoms with Crippen molar-refractivity contribution in [2.24, 2.45) is 0 Å². The number of rotatable bonds is 2. The van der Waals surface area contributed by atoms with E-state index in [1.165, 1.54) is 4.90 Å². The van der Waals surface area contributed by atoms with Gasteiger partial charge in [0.25, 0.3) is 0 Å². The van der Waals surface area contributed by atoms with E-state index in [1.807, 2.05) is 6.92 Å². The molecule has 5 N–H and O–H groups in total. The fourth-order valence-corrected chi connectivity index (χ4v) is 2.27. The molecule has 0 bridgehead atoms. The summed E-state index contributed by atoms with van der Waals surface area (Å²) in [6.07, 6.45) is -5.65. The Bertz CT molecular complexity index is 254. The lowest BCUT2D eigenvalue weighted by Crippen LogP contribution is -2.67. The third-order valence-corrected chi connectivity index (χ3v) is 3.16. The standard InChI is InChI=1S/C9H18N2O5/c1-2-10-9-11-4(3-16-9)5(12)6(13)7(14)8(11)15/h4-10,12-15H,2-3H2,1H3/t4-,5-,6+,7-,8+,9?/m1/s1. The van der Waals surface area contributed by atoms with Crippen LogP contribution in [0.2, 0.25) is 0 Å². The summed E-state index contributed by atoms with van der Waals surface area (Å²) in [6.45, 7) is 2.73. The lowest BCUT2D eigenvalue weighted by molar-refractivity contribution is -0.223. The Balaban J connectivity index is 2.16. The maximum Gasteiger partial charge on any atom is 0.168 e. The Labute approximate surface area is 93.2 Å². The van der Waals surface area contributed by atoms with Gasteiger partial charge in [-0.2, -0.15) is 0 Å². The van der Waals surface area contributed by atoms with E-state index in [0.717, 1.165) is 0 Å². The molecule has 94 valence electrons. The highest BCUT2D eigenvalue weighted by Crippen LogP contribution is 2.29. The highest BCUT2D eigenvalue weighted by molar-refractivity contribution is 4.99. The van der Waals surface area contributed by atoms with E-state index in [-0.39, 0.29) is 6.61 Å². The van der Waals surface area contributed by atoms with Gasteiger partial charge in [-0.05, 0) is 6.54 Å². The van der Waals surface area contributed by atoms with Crippen molar-refractivity contribution in [1.82, 2.24) is 10.2 Å². The van der Waals surface area contributed by atoms with Crippen molar-refractivity contribution in [2.45, 2.75) is 43.9 Å². The van der Waals surface area contributed by atoms with Crippen LogP contribution in [0.25, 0.3) is 0 Å². The van der Waals surface area contributed by atoms with Gasteiger partial charge in [-0.3, -0.25) is 5.32 Å². The van der Waals surface area contributed by atoms with Crippen molar-refractivity contribution in [3.63, 3.8) is 0 Å². The van der Waals surface area contributed by atoms with E-state index in [1.54, 1.807) is 0 Å². The molecule has 0 aromatic carbocycles. The van der Waals surface area contributed by atoms with Crippen molar-refractivity contribution in [3.05, 3.63) is 0 Å². The molecule has 2 saturated heterocycles. The fraction of sp³-hybridized carbons (Fsp3) is 1.00. The van der Waals surface area contributed by atoms with Gasteiger partial charge in [0.2, 0.25) is 0 Å². The number of piperidine rings is 1. The predicted octanol–water partition coefficient (Wildman–Crippen LogP) is -3.00. The van der Waals surface area contributed by atoms with Gasteiger partial charge in [-0.1, -0.05) is 6.92 Å². The number of nitrogens with one attached hydrogen (secondary N) is 1. The third kappa shape index (κ3) is 1.74. The first-order chi connectivity index (χ1) is 7.57. The van der Waals surface area contributed by atoms with Gasteiger partial charge < -0.3 is 25.2 Å². The van der Waals surface area contributed by atoms with E-state index >= 15 is 0 Å². The second kappa shape index (κ2) is 4.53. The zero-order chi connectivity index (χ0) is 11.9. The zero-order valence-electron chi connectivity index (χ0n) is 9.02. The molecular formula is C9H18N2O5. The zero-order valence-corrected chi connectivity index (χ0v) is 9.02. The molecule has 2 aliphatic heterocycles. The lowest BCUT2D eigenvalue weighted by Gasteiger charge is -2.44. The molecule has 0 aromatic heterocycles. The Morgan fingerprint density at radius 2 is 1.88 bits per heavy atom. The molecule has 2 heterocycles. The van der Waals surface area contributed by atoms with E-state index in [2.05, 4.69) is 5.32 Å². The maximum absolute atomic E-state index is 9.82. The highest BCUT2D eigenvalue weighted by atomic mass is 16.5. The molecule has 1 unspecified atom stereocenters. The summed E-state index contributed by atoms with van der Waals surface area (Å²) in [5.41, 5.74) is 0. The van der Waals surface area contributed by atoms with Gasteiger partial charge in [-0.25, -0.2) is 4.90 Å². The summed E-state index contributed by atoms with van der Waals surface area (Å²) in [4.78, 5) is 1.45. The van der Waals surface area contributed by atoms with E-state index in [4.69, 9.17) is 4.74 Å². The average molecular weight is 234 g/mol. The molecule has 2 rings (SSSR count). The van der Waals surface area contributed by atoms with Gasteiger partial charge in [0.05, 0.1) is 12.6 Å². The van der Waals surface area contributed by atoms with Gasteiger partial charge in [0.1, 0.15) is 24.5 Å². The van der Waals surface area contributed by atoms with Crippen molar-refractivity contribution in [2.75, 3.05) is 13.2 Å². The van der Waals surface area contributed by atoms with Crippen molar-refractivity contribution in [1.29, 1.82) is 0 Å². The Kier molecular flexibility index (Phi) is 3.45. The van der Waals surface area contributed by atoms with E-state index in [9.17, 15) is 20.4 Å². The van der Waals surface area contributed by atoms with Crippen LogP contribution in [0.3, 0.4) is 0 Å². The molecule has 0 radical (unpaired) electrons. The van der Waals surface area contributed by atoms with Crippen LogP contribution in [0.5, 0.6) is 0 Å². The molecule has 6 atom stereocenters. The van der Waals surface area contributed by atoms with Crippen LogP contribution in [-0.2, 0) is 4.74 Å². The summed E-state index contributed by atoms with van der Waals surface area (Å²) in [6, 6.07) is -0.502. The average Bonchev–Trinajstić information content (AvgIpc) is 2.68. The smallest absolute Gasteiger partial charge is 0.168 e. The van der Waals surface area contributed by atoms with Crippen LogP contribution < -0.4 is 5.32 Å². The molecule has 2 aliphatic rings. The van der Waals surface area contributed by atoms with Crippen LogP contribution in [-0.4, -0.2) is 75.4 Å². The number of aliphatic hydroxyl groups excluding tert-OH is 4. The van der Waals surface area contributed by atoms with E-state index < -0.39 is 36.9 Å². The lowest BCUT2D eigenvalue weighted by atomic mass is 9.94. The molecule has 0 spiro atoms. The molecule has 0 saturated carbocycles. The molecule has 7 nitrogen and oxygen atoms in total. The van der Waals surface area contributed by atoms with Crippen LogP contribution in [0.4, 0.5) is 0 Å². The van der Waals surface area contributed by atoms with Crippen LogP contribution >= 0.6 is 0 Å². The first kappa shape index (κ1) is 12.2. The molecule has 0 aromatic rings. The SMILES string of the molecule is CCNC1OC[C@@H]2[C@@H](O)[C@H](O)[C@@H](O)[C@H](O)N12. The highest BCUT2D eigenvalue weighted by Gasteiger charge is 2.52. The maximum atomic E-state index is 9.82. The summed E-state index contributed by atoms with van der Waals surface area (Å²) in [7, 11) is 0. The van der Waals surface area contributed by atoms with Crippen LogP contribution in [0.1, 0.15) is 6.92 Å². The summed E-state index contributed by atoms with van der Waals surface area (Å²) in [5.74, 6) is 0. The second-order valence-electron chi connectivity index (χ2n) is 4.14. The molecule has 7 heteroatoms. The number of nitrogens with zero attached hydrogens (tertiary/aromatic N) is 1. The van der Waals surface area contributed by atoms with Gasteiger partial charge in [-0.15, -0.1) is 0 Å². The minimum Gasteiger partial charge on any atom is -0.389 e. The Hall–Kier alpha value is -0.280. The number of aliphatic hydroxyl groups is 4. The molecule has 0 aliphatic carbocycles. The Morgan fingerprint density at radius 1 is 1.19 bits per heavy atom. The number of fused-ring (bicyclic) bond motifs is 1. The molecule has 2 fully saturated rings. The second-order valence-corrected chi connectivity index (χ2v) is 4.14. The fourth-order valence-electron chi connectivity index (χ4n) is 2.27. The minimum absolute atomic E-state index is 0.208. The van der Waals surface area contributed by atoms with Gasteiger partial charge in [0, 0.05) is 0 Å². The largest absolute Gasteiger partial charge is 0.389 e. The van der Waals surface area contributed by atoms with Crippen molar-refractivity contribution >= 4 is 0 Å². The van der Waals surface area contributed by atoms with Gasteiger partial charge in [0.15, 0.2) is 6.35 Å². The van der Waals surface area contributed by atoms with E-state index in [0.29, 0.717) is 6.54 Å². The van der Waals surface area contributed by atoms with Crippen molar-refractivity contribution in [3.8, 4) is 0 Å². The topological polar surface area (TPSA) is 105 Å². The predicted molar refractivity (Wildman–Crippen MR) is 53.1 cm³/mol. The number of hydrogen-bond acceptors (Lipinski definition) is 7. The summed E-state index contributed by atoms with van der Waals surface area (Å²) < 4.78 is 5.35. The summed E-state index contributed by atoms with van der Waals surface area (Å²) >= 11 is 0. The first-order valence-electron chi connectivity index (χ1n) is 5.42. The van der Waals surface area contributed by atoms with Crippen molar-refractivity contribution < 1.29 is 25.2 Å². The summed E-state index contributed by atoms with van der Waals surface area (Å²) in [5, 5.41) is 41.6. The normalized spacial score (nSPS) is 49.3. The quantitative estimate of drug-likeness (QED) is 0.346.